The summed E-state index contributed by atoms with van der Waals surface area (Å²) < 4.78 is 20.7. The third kappa shape index (κ3) is 8.06. The van der Waals surface area contributed by atoms with Gasteiger partial charge >= 0.3 is 0 Å². The molecule has 9 aromatic rings. The number of anilines is 7. The SMILES string of the molecule is CCN(c1ccccc1)c1ccccc1B(c1cc2c(cc1OC)Oc1cc(N(c3ccccc3)c3ccccc3)cc3c1B2c1ccccc1O3)C(C)[C@@H](C)N(c1ccccc1)c1ccccc1. The predicted molar refractivity (Wildman–Crippen MR) is 290 cm³/mol. The van der Waals surface area contributed by atoms with E-state index >= 15 is 0 Å². The van der Waals surface area contributed by atoms with Crippen molar-refractivity contribution >= 4 is 80.6 Å². The predicted octanol–water partition coefficient (Wildman–Crippen LogP) is 12.3. The van der Waals surface area contributed by atoms with Crippen molar-refractivity contribution in [3.63, 3.8) is 0 Å². The first-order valence-electron chi connectivity index (χ1n) is 24.1. The largest absolute Gasteiger partial charge is 0.497 e. The van der Waals surface area contributed by atoms with Gasteiger partial charge in [-0.05, 0) is 109 Å². The molecule has 0 bridgehead atoms. The minimum atomic E-state index is -0.172. The maximum atomic E-state index is 7.18. The van der Waals surface area contributed by atoms with E-state index in [-0.39, 0.29) is 25.3 Å². The number of fused-ring (bicyclic) bond motifs is 4. The van der Waals surface area contributed by atoms with Crippen LogP contribution in [0.4, 0.5) is 39.8 Å². The highest BCUT2D eigenvalue weighted by Crippen LogP contribution is 2.43. The monoisotopic (exact) mass is 897 g/mol. The summed E-state index contributed by atoms with van der Waals surface area (Å²) in [5.41, 5.74) is 13.1. The first kappa shape index (κ1) is 43.5. The number of methoxy groups -OCH3 is 1. The van der Waals surface area contributed by atoms with Crippen molar-refractivity contribution in [3.8, 4) is 28.7 Å². The summed E-state index contributed by atoms with van der Waals surface area (Å²) in [6, 6.07) is 79.5. The van der Waals surface area contributed by atoms with Crippen LogP contribution >= 0.6 is 0 Å². The molecule has 0 saturated carbocycles. The van der Waals surface area contributed by atoms with Crippen LogP contribution in [-0.2, 0) is 0 Å². The van der Waals surface area contributed by atoms with Crippen LogP contribution in [0.2, 0.25) is 5.82 Å². The maximum absolute atomic E-state index is 7.18. The number of hydrogen-bond acceptors (Lipinski definition) is 6. The lowest BCUT2D eigenvalue weighted by molar-refractivity contribution is 0.412. The summed E-state index contributed by atoms with van der Waals surface area (Å²) in [7, 11) is 1.79. The van der Waals surface area contributed by atoms with Crippen LogP contribution < -0.4 is 56.2 Å². The van der Waals surface area contributed by atoms with Crippen molar-refractivity contribution in [2.45, 2.75) is 32.6 Å². The molecule has 1 unspecified atom stereocenters. The Bertz CT molecular complexity index is 3140. The molecule has 9 aromatic carbocycles. The van der Waals surface area contributed by atoms with Gasteiger partial charge < -0.3 is 28.9 Å². The molecule has 2 heterocycles. The quantitative estimate of drug-likeness (QED) is 0.101. The van der Waals surface area contributed by atoms with E-state index in [4.69, 9.17) is 14.2 Å². The van der Waals surface area contributed by atoms with Crippen molar-refractivity contribution in [1.82, 2.24) is 0 Å². The van der Waals surface area contributed by atoms with Gasteiger partial charge in [0.15, 0.2) is 0 Å². The first-order chi connectivity index (χ1) is 34.0. The van der Waals surface area contributed by atoms with Crippen LogP contribution in [0.15, 0.2) is 224 Å². The molecule has 2 aliphatic rings. The third-order valence-corrected chi connectivity index (χ3v) is 14.1. The maximum Gasteiger partial charge on any atom is 0.260 e. The molecule has 0 amide bonds. The molecular weight excluding hydrogens is 844 g/mol. The standard InChI is InChI=1S/C61H53B2N3O3/c1-5-64(45-25-11-6-12-26-45)55-37-23-21-35-51(55)62(43(2)44(3)65(46-27-13-7-14-28-46)47-29-15-8-16-30-47)53-41-54-58(42-57(53)67-4)69-60-40-50(39-59-61(60)63(54)52-36-22-24-38-56(52)68-59)66(48-31-17-9-18-32-48)49-33-19-10-20-34-49/h6-44H,5H2,1-4H3/t43?,44-/m1/s1. The molecule has 8 heteroatoms. The average Bonchev–Trinajstić information content (AvgIpc) is 3.40. The Morgan fingerprint density at radius 3 is 1.54 bits per heavy atom. The van der Waals surface area contributed by atoms with Gasteiger partial charge in [0, 0.05) is 70.4 Å². The smallest absolute Gasteiger partial charge is 0.260 e. The summed E-state index contributed by atoms with van der Waals surface area (Å²) in [5, 5.41) is 0. The minimum absolute atomic E-state index is 0.0170. The number of hydrogen-bond donors (Lipinski definition) is 0. The van der Waals surface area contributed by atoms with Crippen LogP contribution in [0.25, 0.3) is 0 Å². The number of ether oxygens (including phenoxy) is 3. The second-order valence-electron chi connectivity index (χ2n) is 17.9. The minimum Gasteiger partial charge on any atom is -0.497 e. The number of para-hydroxylation sites is 7. The molecule has 2 aliphatic heterocycles. The number of benzene rings is 9. The fraction of sp³-hybridized carbons (Fsp3) is 0.115. The number of rotatable bonds is 14. The molecule has 69 heavy (non-hydrogen) atoms. The summed E-state index contributed by atoms with van der Waals surface area (Å²) in [6.45, 7) is 7.48. The van der Waals surface area contributed by atoms with Crippen LogP contribution in [0.1, 0.15) is 20.8 Å². The van der Waals surface area contributed by atoms with Gasteiger partial charge in [-0.2, -0.15) is 0 Å². The van der Waals surface area contributed by atoms with Gasteiger partial charge in [0.25, 0.3) is 6.71 Å². The molecule has 11 rings (SSSR count). The van der Waals surface area contributed by atoms with E-state index in [0.29, 0.717) is 0 Å². The van der Waals surface area contributed by atoms with Crippen molar-refractivity contribution in [3.05, 3.63) is 224 Å². The second-order valence-corrected chi connectivity index (χ2v) is 17.9. The van der Waals surface area contributed by atoms with Gasteiger partial charge in [-0.1, -0.05) is 146 Å². The van der Waals surface area contributed by atoms with Gasteiger partial charge in [-0.3, -0.25) is 0 Å². The summed E-state index contributed by atoms with van der Waals surface area (Å²) in [5.74, 6) is 3.94. The van der Waals surface area contributed by atoms with Crippen LogP contribution in [0.3, 0.4) is 0 Å². The molecule has 6 nitrogen and oxygen atoms in total. The highest BCUT2D eigenvalue weighted by molar-refractivity contribution is 6.99. The fourth-order valence-corrected chi connectivity index (χ4v) is 10.8. The lowest BCUT2D eigenvalue weighted by Gasteiger charge is -2.40. The highest BCUT2D eigenvalue weighted by Gasteiger charge is 2.44. The molecule has 0 fully saturated rings. The Balaban J connectivity index is 1.11. The Morgan fingerprint density at radius 2 is 0.971 bits per heavy atom. The summed E-state index contributed by atoms with van der Waals surface area (Å²) in [4.78, 5) is 7.18. The van der Waals surface area contributed by atoms with E-state index in [2.05, 4.69) is 248 Å². The van der Waals surface area contributed by atoms with Gasteiger partial charge in [0.05, 0.1) is 12.8 Å². The second kappa shape index (κ2) is 18.9. The van der Waals surface area contributed by atoms with Crippen molar-refractivity contribution < 1.29 is 14.2 Å². The van der Waals surface area contributed by atoms with E-state index in [1.54, 1.807) is 7.11 Å². The lowest BCUT2D eigenvalue weighted by Crippen LogP contribution is -2.59. The zero-order valence-electron chi connectivity index (χ0n) is 39.4. The summed E-state index contributed by atoms with van der Waals surface area (Å²) >= 11 is 0. The van der Waals surface area contributed by atoms with Crippen LogP contribution in [-0.4, -0.2) is 33.1 Å². The van der Waals surface area contributed by atoms with Gasteiger partial charge in [0.1, 0.15) is 28.7 Å². The summed E-state index contributed by atoms with van der Waals surface area (Å²) in [6.07, 6.45) is 0. The highest BCUT2D eigenvalue weighted by atomic mass is 16.5. The molecule has 0 aromatic heterocycles. The molecule has 0 radical (unpaired) electrons. The van der Waals surface area contributed by atoms with E-state index in [1.807, 2.05) is 12.1 Å². The van der Waals surface area contributed by atoms with Gasteiger partial charge in [-0.25, -0.2) is 0 Å². The molecule has 0 aliphatic carbocycles. The lowest BCUT2D eigenvalue weighted by atomic mass is 9.30. The fourth-order valence-electron chi connectivity index (χ4n) is 10.8. The van der Waals surface area contributed by atoms with E-state index in [9.17, 15) is 0 Å². The Kier molecular flexibility index (Phi) is 11.9. The molecule has 0 N–H and O–H groups in total. The molecule has 0 saturated heterocycles. The average molecular weight is 898 g/mol. The third-order valence-electron chi connectivity index (χ3n) is 14.1. The van der Waals surface area contributed by atoms with Crippen LogP contribution in [0.5, 0.6) is 28.7 Å². The topological polar surface area (TPSA) is 37.4 Å². The zero-order valence-corrected chi connectivity index (χ0v) is 39.4. The molecule has 2 atom stereocenters. The van der Waals surface area contributed by atoms with E-state index in [1.165, 1.54) is 5.46 Å². The van der Waals surface area contributed by atoms with Crippen molar-refractivity contribution in [2.24, 2.45) is 0 Å². The van der Waals surface area contributed by atoms with Crippen LogP contribution in [0, 0.1) is 0 Å². The van der Waals surface area contributed by atoms with E-state index < -0.39 is 0 Å². The Morgan fingerprint density at radius 1 is 0.478 bits per heavy atom. The molecular formula is C61H53B2N3O3. The van der Waals surface area contributed by atoms with Gasteiger partial charge in [-0.15, -0.1) is 0 Å². The van der Waals surface area contributed by atoms with E-state index in [0.717, 1.165) is 97.0 Å². The first-order valence-corrected chi connectivity index (χ1v) is 24.1. The number of nitrogens with zero attached hydrogens (tertiary/aromatic N) is 3. The Labute approximate surface area is 407 Å². The molecule has 336 valence electrons. The van der Waals surface area contributed by atoms with Crippen molar-refractivity contribution in [1.29, 1.82) is 0 Å². The van der Waals surface area contributed by atoms with Gasteiger partial charge in [0.2, 0.25) is 6.71 Å². The Hall–Kier alpha value is -8.09. The normalized spacial score (nSPS) is 12.8. The zero-order chi connectivity index (χ0) is 46.8. The molecule has 0 spiro atoms. The van der Waals surface area contributed by atoms with Crippen molar-refractivity contribution in [2.75, 3.05) is 28.4 Å².